The van der Waals surface area contributed by atoms with E-state index in [0.717, 1.165) is 0 Å². The lowest BCUT2D eigenvalue weighted by Gasteiger charge is -2.14. The summed E-state index contributed by atoms with van der Waals surface area (Å²) < 4.78 is 0. The van der Waals surface area contributed by atoms with Gasteiger partial charge in [-0.05, 0) is 28.3 Å². The minimum atomic E-state index is 1.34. The van der Waals surface area contributed by atoms with Crippen molar-refractivity contribution in [3.05, 3.63) is 65.1 Å². The standard InChI is InChI=1S/C14H11/c1-10-5-4-8-13-12-7-3-2-6-11(12)9-14(10)13/h2-9H,1H3. The van der Waals surface area contributed by atoms with Crippen LogP contribution >= 0.6 is 0 Å². The van der Waals surface area contributed by atoms with Gasteiger partial charge in [0.05, 0.1) is 0 Å². The zero-order valence-corrected chi connectivity index (χ0v) is 8.12. The first-order chi connectivity index (χ1) is 6.86. The van der Waals surface area contributed by atoms with Crippen LogP contribution in [-0.2, 0) is 0 Å². The van der Waals surface area contributed by atoms with Crippen molar-refractivity contribution < 1.29 is 0 Å². The van der Waals surface area contributed by atoms with Crippen molar-refractivity contribution >= 4 is 11.6 Å². The maximum atomic E-state index is 2.28. The Hall–Kier alpha value is -1.56. The van der Waals surface area contributed by atoms with Gasteiger partial charge < -0.3 is 0 Å². The van der Waals surface area contributed by atoms with E-state index in [9.17, 15) is 0 Å². The Morgan fingerprint density at radius 2 is 1.86 bits per heavy atom. The first kappa shape index (κ1) is 7.81. The molecule has 1 radical (unpaired) electrons. The van der Waals surface area contributed by atoms with Gasteiger partial charge in [-0.25, -0.2) is 0 Å². The van der Waals surface area contributed by atoms with Crippen molar-refractivity contribution in [1.82, 2.24) is 0 Å². The zero-order chi connectivity index (χ0) is 9.54. The summed E-state index contributed by atoms with van der Waals surface area (Å²) in [5.74, 6) is 1.36. The molecule has 0 nitrogen and oxygen atoms in total. The fraction of sp³-hybridized carbons (Fsp3) is 0.0714. The van der Waals surface area contributed by atoms with E-state index < -0.39 is 0 Å². The van der Waals surface area contributed by atoms with E-state index in [-0.39, 0.29) is 0 Å². The van der Waals surface area contributed by atoms with E-state index >= 15 is 0 Å². The molecule has 0 bridgehead atoms. The predicted molar refractivity (Wildman–Crippen MR) is 60.5 cm³/mol. The molecule has 2 aliphatic carbocycles. The molecule has 1 aromatic carbocycles. The average molecular weight is 179 g/mol. The first-order valence-corrected chi connectivity index (χ1v) is 4.90. The highest BCUT2D eigenvalue weighted by molar-refractivity contribution is 5.99. The van der Waals surface area contributed by atoms with E-state index in [2.05, 4.69) is 55.5 Å². The van der Waals surface area contributed by atoms with Crippen LogP contribution in [0.1, 0.15) is 18.1 Å². The molecule has 14 heavy (non-hydrogen) atoms. The SMILES string of the molecule is C[C]1C=CC=C2C1=Cc1ccccc12. The fourth-order valence-electron chi connectivity index (χ4n) is 2.13. The maximum Gasteiger partial charge on any atom is 0.0242 e. The van der Waals surface area contributed by atoms with Crippen molar-refractivity contribution in [2.75, 3.05) is 0 Å². The van der Waals surface area contributed by atoms with E-state index in [0.29, 0.717) is 0 Å². The molecule has 67 valence electrons. The molecule has 2 aliphatic rings. The second kappa shape index (κ2) is 2.71. The van der Waals surface area contributed by atoms with Crippen LogP contribution < -0.4 is 0 Å². The van der Waals surface area contributed by atoms with Gasteiger partial charge in [-0.1, -0.05) is 49.4 Å². The maximum absolute atomic E-state index is 2.28. The van der Waals surface area contributed by atoms with E-state index in [4.69, 9.17) is 0 Å². The van der Waals surface area contributed by atoms with Crippen LogP contribution in [0.3, 0.4) is 0 Å². The molecule has 1 aromatic rings. The van der Waals surface area contributed by atoms with E-state index in [1.165, 1.54) is 28.2 Å². The number of rotatable bonds is 0. The van der Waals surface area contributed by atoms with Gasteiger partial charge in [0, 0.05) is 5.92 Å². The zero-order valence-electron chi connectivity index (χ0n) is 8.12. The van der Waals surface area contributed by atoms with Crippen molar-refractivity contribution in [3.8, 4) is 0 Å². The topological polar surface area (TPSA) is 0 Å². The summed E-state index contributed by atoms with van der Waals surface area (Å²) in [5.41, 5.74) is 5.47. The Kier molecular flexibility index (Phi) is 1.51. The van der Waals surface area contributed by atoms with Crippen LogP contribution in [0.2, 0.25) is 0 Å². The lowest BCUT2D eigenvalue weighted by molar-refractivity contribution is 1.27. The Morgan fingerprint density at radius 1 is 1.00 bits per heavy atom. The van der Waals surface area contributed by atoms with Crippen molar-refractivity contribution in [2.45, 2.75) is 6.92 Å². The summed E-state index contributed by atoms with van der Waals surface area (Å²) in [4.78, 5) is 0. The average Bonchev–Trinajstić information content (AvgIpc) is 2.59. The summed E-state index contributed by atoms with van der Waals surface area (Å²) in [6.07, 6.45) is 8.77. The molecule has 0 heteroatoms. The van der Waals surface area contributed by atoms with Crippen LogP contribution in [0.5, 0.6) is 0 Å². The molecule has 0 spiro atoms. The molecule has 0 N–H and O–H groups in total. The Morgan fingerprint density at radius 3 is 2.79 bits per heavy atom. The van der Waals surface area contributed by atoms with Crippen LogP contribution in [-0.4, -0.2) is 0 Å². The van der Waals surface area contributed by atoms with Crippen molar-refractivity contribution in [3.63, 3.8) is 0 Å². The predicted octanol–water partition coefficient (Wildman–Crippen LogP) is 3.63. The largest absolute Gasteiger partial charge is 0.0730 e. The lowest BCUT2D eigenvalue weighted by atomic mass is 9.90. The smallest absolute Gasteiger partial charge is 0.0242 e. The van der Waals surface area contributed by atoms with Gasteiger partial charge in [0.2, 0.25) is 0 Å². The number of fused-ring (bicyclic) bond motifs is 3. The lowest BCUT2D eigenvalue weighted by Crippen LogP contribution is -1.96. The minimum Gasteiger partial charge on any atom is -0.0730 e. The quantitative estimate of drug-likeness (QED) is 0.570. The first-order valence-electron chi connectivity index (χ1n) is 4.90. The van der Waals surface area contributed by atoms with E-state index in [1.807, 2.05) is 0 Å². The summed E-state index contributed by atoms with van der Waals surface area (Å²) in [7, 11) is 0. The van der Waals surface area contributed by atoms with Crippen molar-refractivity contribution in [1.29, 1.82) is 0 Å². The molecular weight excluding hydrogens is 168 g/mol. The molecule has 0 unspecified atom stereocenters. The third-order valence-corrected chi connectivity index (χ3v) is 2.87. The molecule has 0 amide bonds. The molecule has 0 saturated heterocycles. The summed E-state index contributed by atoms with van der Waals surface area (Å²) in [5, 5.41) is 0. The molecule has 0 aliphatic heterocycles. The van der Waals surface area contributed by atoms with Crippen LogP contribution in [0, 0.1) is 5.92 Å². The van der Waals surface area contributed by atoms with Gasteiger partial charge in [-0.15, -0.1) is 0 Å². The van der Waals surface area contributed by atoms with Crippen molar-refractivity contribution in [2.24, 2.45) is 0 Å². The number of hydrogen-bond acceptors (Lipinski definition) is 0. The molecular formula is C14H11. The Balaban J connectivity index is 2.24. The second-order valence-electron chi connectivity index (χ2n) is 3.77. The highest BCUT2D eigenvalue weighted by atomic mass is 14.3. The van der Waals surface area contributed by atoms with Crippen LogP contribution in [0.4, 0.5) is 0 Å². The third-order valence-electron chi connectivity index (χ3n) is 2.87. The van der Waals surface area contributed by atoms with Gasteiger partial charge in [0.15, 0.2) is 0 Å². The van der Waals surface area contributed by atoms with Gasteiger partial charge in [0.1, 0.15) is 0 Å². The molecule has 0 fully saturated rings. The molecule has 0 heterocycles. The third kappa shape index (κ3) is 0.941. The number of allylic oxidation sites excluding steroid dienone is 5. The fourth-order valence-corrected chi connectivity index (χ4v) is 2.13. The molecule has 0 aromatic heterocycles. The Labute approximate surface area is 84.3 Å². The molecule has 3 rings (SSSR count). The Bertz CT molecular complexity index is 473. The number of hydrogen-bond donors (Lipinski definition) is 0. The summed E-state index contributed by atoms with van der Waals surface area (Å²) in [6, 6.07) is 8.56. The number of benzene rings is 1. The molecule has 0 atom stereocenters. The van der Waals surface area contributed by atoms with E-state index in [1.54, 1.807) is 0 Å². The minimum absolute atomic E-state index is 1.34. The van der Waals surface area contributed by atoms with Gasteiger partial charge >= 0.3 is 0 Å². The second-order valence-corrected chi connectivity index (χ2v) is 3.77. The van der Waals surface area contributed by atoms with Gasteiger partial charge in [-0.3, -0.25) is 0 Å². The highest BCUT2D eigenvalue weighted by Crippen LogP contribution is 2.42. The van der Waals surface area contributed by atoms with Gasteiger partial charge in [0.25, 0.3) is 0 Å². The monoisotopic (exact) mass is 179 g/mol. The molecule has 0 saturated carbocycles. The summed E-state index contributed by atoms with van der Waals surface area (Å²) in [6.45, 7) is 2.17. The summed E-state index contributed by atoms with van der Waals surface area (Å²) >= 11 is 0. The highest BCUT2D eigenvalue weighted by Gasteiger charge is 2.22. The van der Waals surface area contributed by atoms with Crippen LogP contribution in [0.25, 0.3) is 11.6 Å². The van der Waals surface area contributed by atoms with Crippen LogP contribution in [0.15, 0.2) is 48.1 Å². The normalized spacial score (nSPS) is 18.6. The van der Waals surface area contributed by atoms with Gasteiger partial charge in [-0.2, -0.15) is 0 Å².